The lowest BCUT2D eigenvalue weighted by Crippen LogP contribution is -2.71. The number of nitrogens with one attached hydrogen (secondary N) is 2. The van der Waals surface area contributed by atoms with E-state index >= 15 is 0 Å². The molecule has 1 fully saturated rings. The fraction of sp³-hybridized carbons (Fsp3) is 0.278. The Morgan fingerprint density at radius 2 is 2.24 bits per heavy atom. The summed E-state index contributed by atoms with van der Waals surface area (Å²) in [6, 6.07) is 1.90. The Hall–Kier alpha value is -3.37. The first-order chi connectivity index (χ1) is 16.3. The van der Waals surface area contributed by atoms with Crippen molar-refractivity contribution >= 4 is 63.5 Å². The number of aromatic amines is 1. The van der Waals surface area contributed by atoms with Crippen LogP contribution in [0.2, 0.25) is 0 Å². The number of nitrogen functional groups attached to an aromatic ring is 1. The van der Waals surface area contributed by atoms with Gasteiger partial charge in [0.15, 0.2) is 10.8 Å². The lowest BCUT2D eigenvalue weighted by atomic mass is 10.0. The molecule has 0 radical (unpaired) electrons. The number of carbonyl (C=O) groups excluding carboxylic acids is 2. The highest BCUT2D eigenvalue weighted by Gasteiger charge is 2.54. The Morgan fingerprint density at radius 3 is 2.85 bits per heavy atom. The molecule has 0 aliphatic carbocycles. The Labute approximate surface area is 203 Å². The average Bonchev–Trinajstić information content (AvgIpc) is 3.25. The van der Waals surface area contributed by atoms with Crippen molar-refractivity contribution in [3.05, 3.63) is 44.8 Å². The van der Waals surface area contributed by atoms with Crippen LogP contribution in [0.4, 0.5) is 5.13 Å². The number of hydrogen-bond donors (Lipinski definition) is 4. The minimum absolute atomic E-state index is 0.116. The first-order valence-corrected chi connectivity index (χ1v) is 12.4. The average molecular weight is 524 g/mol. The molecule has 0 saturated carbocycles. The molecule has 0 bridgehead atoms. The predicted molar refractivity (Wildman–Crippen MR) is 125 cm³/mol. The number of rotatable bonds is 8. The van der Waals surface area contributed by atoms with Crippen LogP contribution in [0.25, 0.3) is 0 Å². The van der Waals surface area contributed by atoms with E-state index in [-0.39, 0.29) is 33.5 Å². The Kier molecular flexibility index (Phi) is 6.90. The number of carboxylic acids is 1. The van der Waals surface area contributed by atoms with Gasteiger partial charge in [-0.3, -0.25) is 19.3 Å². The molecule has 2 aromatic rings. The Balaban J connectivity index is 1.49. The fourth-order valence-electron chi connectivity index (χ4n) is 3.27. The number of anilines is 1. The zero-order valence-corrected chi connectivity index (χ0v) is 19.8. The minimum Gasteiger partial charge on any atom is -0.477 e. The van der Waals surface area contributed by atoms with Crippen molar-refractivity contribution in [2.24, 2.45) is 5.16 Å². The fourth-order valence-corrected chi connectivity index (χ4v) is 6.13. The molecule has 2 aliphatic rings. The second-order valence-corrected chi connectivity index (χ2v) is 9.85. The van der Waals surface area contributed by atoms with Gasteiger partial charge in [-0.2, -0.15) is 5.10 Å². The van der Waals surface area contributed by atoms with Crippen molar-refractivity contribution in [1.29, 1.82) is 0 Å². The standard InChI is InChI=1S/C18H17N7O6S3/c1-31-24-11(8-6-34-18(19)20-8)14(27)21-12-15(28)25-13(17(29)30)7(5-33-16(12)25)4-32-10-3-2-9(26)22-23-10/h2-3,6,12,16H,4-5H2,1H3,(H2,19,20)(H,21,27)(H,22,26)(H,29,30)/t12-,16+/m1/s1. The van der Waals surface area contributed by atoms with Gasteiger partial charge in [-0.15, -0.1) is 34.9 Å². The van der Waals surface area contributed by atoms with Gasteiger partial charge in [0.1, 0.15) is 34.9 Å². The summed E-state index contributed by atoms with van der Waals surface area (Å²) >= 11 is 3.68. The number of nitrogens with zero attached hydrogens (tertiary/aromatic N) is 4. The smallest absolute Gasteiger partial charge is 0.352 e. The van der Waals surface area contributed by atoms with Gasteiger partial charge in [-0.05, 0) is 11.6 Å². The maximum atomic E-state index is 12.9. The van der Waals surface area contributed by atoms with Crippen LogP contribution in [0, 0.1) is 0 Å². The van der Waals surface area contributed by atoms with E-state index in [0.29, 0.717) is 16.4 Å². The highest BCUT2D eigenvalue weighted by Crippen LogP contribution is 2.41. The first-order valence-electron chi connectivity index (χ1n) is 9.52. The number of fused-ring (bicyclic) bond motifs is 1. The van der Waals surface area contributed by atoms with Gasteiger partial charge in [0.25, 0.3) is 17.4 Å². The maximum Gasteiger partial charge on any atom is 0.352 e. The molecular weight excluding hydrogens is 506 g/mol. The van der Waals surface area contributed by atoms with Gasteiger partial charge < -0.3 is 21.0 Å². The highest BCUT2D eigenvalue weighted by atomic mass is 32.2. The van der Waals surface area contributed by atoms with E-state index in [0.717, 1.165) is 11.3 Å². The number of carboxylic acid groups (broad SMARTS) is 1. The third-order valence-electron chi connectivity index (χ3n) is 4.75. The molecule has 4 heterocycles. The van der Waals surface area contributed by atoms with Crippen LogP contribution in [0.15, 0.2) is 43.8 Å². The van der Waals surface area contributed by atoms with Gasteiger partial charge in [0, 0.05) is 23.0 Å². The summed E-state index contributed by atoms with van der Waals surface area (Å²) in [6.45, 7) is 0. The van der Waals surface area contributed by atoms with Crippen molar-refractivity contribution in [3.63, 3.8) is 0 Å². The van der Waals surface area contributed by atoms with E-state index in [2.05, 4.69) is 25.7 Å². The summed E-state index contributed by atoms with van der Waals surface area (Å²) in [5.74, 6) is -1.90. The zero-order chi connectivity index (χ0) is 24.4. The van der Waals surface area contributed by atoms with Crippen LogP contribution in [0.5, 0.6) is 0 Å². The van der Waals surface area contributed by atoms with Crippen LogP contribution in [-0.2, 0) is 19.2 Å². The number of thiazole rings is 1. The number of H-pyrrole nitrogens is 1. The van der Waals surface area contributed by atoms with E-state index in [9.17, 15) is 24.3 Å². The SMILES string of the molecule is CON=C(C(=O)N[C@@H]1C(=O)N2C(C(=O)O)=C(CSc3ccc(=O)[nH]n3)CS[C@@H]12)c1csc(N)n1. The summed E-state index contributed by atoms with van der Waals surface area (Å²) in [5, 5.41) is 24.0. The number of aliphatic carboxylic acids is 1. The third-order valence-corrected chi connectivity index (χ3v) is 7.78. The van der Waals surface area contributed by atoms with Crippen molar-refractivity contribution in [3.8, 4) is 0 Å². The molecule has 0 unspecified atom stereocenters. The molecule has 1 saturated heterocycles. The molecule has 0 aromatic carbocycles. The van der Waals surface area contributed by atoms with Crippen molar-refractivity contribution < 1.29 is 24.3 Å². The Morgan fingerprint density at radius 1 is 1.44 bits per heavy atom. The third kappa shape index (κ3) is 4.64. The monoisotopic (exact) mass is 523 g/mol. The van der Waals surface area contributed by atoms with Crippen LogP contribution in [0.3, 0.4) is 0 Å². The summed E-state index contributed by atoms with van der Waals surface area (Å²) < 4.78 is 0. The van der Waals surface area contributed by atoms with Gasteiger partial charge >= 0.3 is 5.97 Å². The summed E-state index contributed by atoms with van der Waals surface area (Å²) in [4.78, 5) is 58.7. The lowest BCUT2D eigenvalue weighted by Gasteiger charge is -2.49. The number of oxime groups is 1. The number of β-lactam (4-membered cyclic amide) rings is 1. The topological polar surface area (TPSA) is 193 Å². The van der Waals surface area contributed by atoms with Gasteiger partial charge in [0.2, 0.25) is 0 Å². The van der Waals surface area contributed by atoms with Crippen molar-refractivity contribution in [2.45, 2.75) is 16.4 Å². The first kappa shape index (κ1) is 23.8. The molecule has 2 amide bonds. The second kappa shape index (κ2) is 9.86. The molecule has 2 atom stereocenters. The van der Waals surface area contributed by atoms with E-state index in [1.54, 1.807) is 0 Å². The van der Waals surface area contributed by atoms with E-state index in [1.165, 1.54) is 53.0 Å². The quantitative estimate of drug-likeness (QED) is 0.153. The second-order valence-electron chi connectivity index (χ2n) is 6.86. The molecule has 4 rings (SSSR count). The molecule has 34 heavy (non-hydrogen) atoms. The number of nitrogens with two attached hydrogens (primary N) is 1. The summed E-state index contributed by atoms with van der Waals surface area (Å²) in [6.07, 6.45) is 0. The van der Waals surface area contributed by atoms with E-state index in [4.69, 9.17) is 10.6 Å². The molecule has 13 nitrogen and oxygen atoms in total. The molecule has 178 valence electrons. The number of hydrogen-bond acceptors (Lipinski definition) is 12. The normalized spacial score (nSPS) is 20.0. The maximum absolute atomic E-state index is 12.9. The van der Waals surface area contributed by atoms with Crippen molar-refractivity contribution in [2.75, 3.05) is 24.3 Å². The number of amides is 2. The number of thioether (sulfide) groups is 2. The van der Waals surface area contributed by atoms with Gasteiger partial charge in [0.05, 0.1) is 0 Å². The number of aromatic nitrogens is 3. The zero-order valence-electron chi connectivity index (χ0n) is 17.4. The van der Waals surface area contributed by atoms with Crippen LogP contribution in [-0.4, -0.2) is 78.7 Å². The number of carbonyl (C=O) groups is 3. The van der Waals surface area contributed by atoms with Gasteiger partial charge in [-0.1, -0.05) is 5.16 Å². The highest BCUT2D eigenvalue weighted by molar-refractivity contribution is 8.01. The lowest BCUT2D eigenvalue weighted by molar-refractivity contribution is -0.150. The molecule has 16 heteroatoms. The van der Waals surface area contributed by atoms with Crippen LogP contribution >= 0.6 is 34.9 Å². The summed E-state index contributed by atoms with van der Waals surface area (Å²) in [5.41, 5.74) is 5.74. The van der Waals surface area contributed by atoms with Crippen molar-refractivity contribution in [1.82, 2.24) is 25.4 Å². The molecule has 5 N–H and O–H groups in total. The largest absolute Gasteiger partial charge is 0.477 e. The van der Waals surface area contributed by atoms with Crippen LogP contribution < -0.4 is 16.6 Å². The molecule has 2 aliphatic heterocycles. The van der Waals surface area contributed by atoms with E-state index < -0.39 is 29.2 Å². The molecular formula is C18H17N7O6S3. The van der Waals surface area contributed by atoms with Crippen LogP contribution in [0.1, 0.15) is 5.69 Å². The Bertz CT molecular complexity index is 1250. The van der Waals surface area contributed by atoms with E-state index in [1.807, 2.05) is 0 Å². The predicted octanol–water partition coefficient (Wildman–Crippen LogP) is -0.310. The molecule has 0 spiro atoms. The summed E-state index contributed by atoms with van der Waals surface area (Å²) in [7, 11) is 1.27. The minimum atomic E-state index is -1.24. The molecule has 2 aromatic heterocycles. The van der Waals surface area contributed by atoms with Gasteiger partial charge in [-0.25, -0.2) is 14.9 Å².